The van der Waals surface area contributed by atoms with Gasteiger partial charge in [0, 0.05) is 18.3 Å². The minimum Gasteiger partial charge on any atom is -0.496 e. The van der Waals surface area contributed by atoms with Crippen LogP contribution >= 0.6 is 0 Å². The predicted molar refractivity (Wildman–Crippen MR) is 130 cm³/mol. The molecule has 3 aromatic rings. The number of nitrogens with zero attached hydrogens (tertiary/aromatic N) is 3. The van der Waals surface area contributed by atoms with Crippen molar-refractivity contribution >= 4 is 22.8 Å². The van der Waals surface area contributed by atoms with Crippen molar-refractivity contribution in [2.24, 2.45) is 0 Å². The minimum absolute atomic E-state index is 0.0191. The lowest BCUT2D eigenvalue weighted by Crippen LogP contribution is -2.09. The lowest BCUT2D eigenvalue weighted by Gasteiger charge is -2.14. The molecule has 0 fully saturated rings. The number of aliphatic hydroxyl groups excluding tert-OH is 1. The molecule has 0 aliphatic heterocycles. The molecule has 0 unspecified atom stereocenters. The second-order valence-corrected chi connectivity index (χ2v) is 7.78. The van der Waals surface area contributed by atoms with Gasteiger partial charge in [0.1, 0.15) is 11.3 Å². The number of aliphatic hydroxyl groups is 1. The summed E-state index contributed by atoms with van der Waals surface area (Å²) >= 11 is 0. The molecular weight excluding hydrogens is 422 g/mol. The van der Waals surface area contributed by atoms with Crippen molar-refractivity contribution < 1.29 is 19.3 Å². The summed E-state index contributed by atoms with van der Waals surface area (Å²) in [5.74, 6) is 1.82. The molecule has 4 N–H and O–H groups in total. The summed E-state index contributed by atoms with van der Waals surface area (Å²) in [7, 11) is 1.67. The van der Waals surface area contributed by atoms with Gasteiger partial charge in [-0.2, -0.15) is 4.98 Å². The summed E-state index contributed by atoms with van der Waals surface area (Å²) in [5.41, 5.74) is 9.73. The fourth-order valence-electron chi connectivity index (χ4n) is 3.63. The number of benzene rings is 1. The highest BCUT2D eigenvalue weighted by Crippen LogP contribution is 2.27. The van der Waals surface area contributed by atoms with Crippen LogP contribution in [0, 0.1) is 0 Å². The molecule has 0 saturated heterocycles. The number of ether oxygens (including phenoxy) is 3. The molecule has 2 aromatic heterocycles. The van der Waals surface area contributed by atoms with Gasteiger partial charge in [0.15, 0.2) is 5.82 Å². The molecule has 0 amide bonds. The molecule has 33 heavy (non-hydrogen) atoms. The predicted octanol–water partition coefficient (Wildman–Crippen LogP) is 3.20. The molecule has 0 aliphatic carbocycles. The molecule has 0 spiro atoms. The van der Waals surface area contributed by atoms with Crippen LogP contribution < -0.4 is 15.8 Å². The number of unbranched alkanes of at least 4 members (excludes halogenated alkanes) is 2. The second kappa shape index (κ2) is 13.0. The van der Waals surface area contributed by atoms with E-state index >= 15 is 0 Å². The summed E-state index contributed by atoms with van der Waals surface area (Å²) in [5, 5.41) is 12.2. The maximum atomic E-state index is 8.72. The molecule has 3 rings (SSSR count). The van der Waals surface area contributed by atoms with Gasteiger partial charge in [-0.25, -0.2) is 4.98 Å². The topological polar surface area (TPSA) is 117 Å². The van der Waals surface area contributed by atoms with Crippen molar-refractivity contribution in [1.82, 2.24) is 14.5 Å². The Labute approximate surface area is 194 Å². The monoisotopic (exact) mass is 457 g/mol. The zero-order valence-corrected chi connectivity index (χ0v) is 19.5. The highest BCUT2D eigenvalue weighted by atomic mass is 16.5. The number of hydrogen-bond donors (Lipinski definition) is 3. The number of nitrogen functional groups attached to an aromatic ring is 1. The van der Waals surface area contributed by atoms with Gasteiger partial charge in [-0.05, 0) is 24.1 Å². The third kappa shape index (κ3) is 7.05. The lowest BCUT2D eigenvalue weighted by molar-refractivity contribution is 0.0274. The Morgan fingerprint density at radius 3 is 2.73 bits per heavy atom. The first-order valence-corrected chi connectivity index (χ1v) is 11.4. The van der Waals surface area contributed by atoms with Crippen LogP contribution in [0.5, 0.6) is 5.75 Å². The third-order valence-electron chi connectivity index (χ3n) is 5.27. The molecule has 0 bridgehead atoms. The number of methoxy groups -OCH3 is 1. The lowest BCUT2D eigenvalue weighted by atomic mass is 10.1. The van der Waals surface area contributed by atoms with Crippen molar-refractivity contribution in [3.63, 3.8) is 0 Å². The Bertz CT molecular complexity index is 1010. The largest absolute Gasteiger partial charge is 0.496 e. The number of rotatable bonds is 15. The Hall–Kier alpha value is -2.88. The summed E-state index contributed by atoms with van der Waals surface area (Å²) in [6.45, 7) is 5.37. The molecule has 0 atom stereocenters. The number of nitrogens with one attached hydrogen (secondary N) is 1. The molecule has 2 heterocycles. The van der Waals surface area contributed by atoms with Crippen LogP contribution in [0.4, 0.5) is 11.8 Å². The second-order valence-electron chi connectivity index (χ2n) is 7.78. The molecule has 0 radical (unpaired) electrons. The van der Waals surface area contributed by atoms with E-state index in [1.165, 1.54) is 6.42 Å². The van der Waals surface area contributed by atoms with E-state index in [1.807, 2.05) is 24.4 Å². The van der Waals surface area contributed by atoms with E-state index in [2.05, 4.69) is 32.8 Å². The van der Waals surface area contributed by atoms with E-state index in [9.17, 15) is 0 Å². The highest BCUT2D eigenvalue weighted by Gasteiger charge is 2.13. The zero-order chi connectivity index (χ0) is 23.5. The smallest absolute Gasteiger partial charge is 0.222 e. The van der Waals surface area contributed by atoms with E-state index < -0.39 is 0 Å². The number of aromatic nitrogens is 3. The van der Waals surface area contributed by atoms with Gasteiger partial charge in [-0.1, -0.05) is 31.9 Å². The fraction of sp³-hybridized carbons (Fsp3) is 0.500. The maximum Gasteiger partial charge on any atom is 0.222 e. The summed E-state index contributed by atoms with van der Waals surface area (Å²) < 4.78 is 18.6. The minimum atomic E-state index is 0.0191. The Morgan fingerprint density at radius 2 is 1.94 bits per heavy atom. The van der Waals surface area contributed by atoms with Crippen LogP contribution in [0.2, 0.25) is 0 Å². The average Bonchev–Trinajstić information content (AvgIpc) is 3.22. The Balaban J connectivity index is 1.72. The van der Waals surface area contributed by atoms with E-state index in [-0.39, 0.29) is 12.6 Å². The number of hydrogen-bond acceptors (Lipinski definition) is 8. The maximum absolute atomic E-state index is 8.72. The molecule has 9 heteroatoms. The molecule has 0 saturated carbocycles. The highest BCUT2D eigenvalue weighted by molar-refractivity contribution is 5.87. The van der Waals surface area contributed by atoms with Crippen LogP contribution in [-0.4, -0.2) is 59.7 Å². The van der Waals surface area contributed by atoms with Crippen LogP contribution in [0.15, 0.2) is 30.5 Å². The molecule has 0 aliphatic rings. The van der Waals surface area contributed by atoms with E-state index in [1.54, 1.807) is 7.11 Å². The number of fused-ring (bicyclic) bond motifs is 1. The van der Waals surface area contributed by atoms with Crippen LogP contribution in [-0.2, 0) is 22.6 Å². The molecule has 180 valence electrons. The number of anilines is 2. The molecule has 9 nitrogen and oxygen atoms in total. The van der Waals surface area contributed by atoms with Crippen molar-refractivity contribution in [2.45, 2.75) is 39.3 Å². The van der Waals surface area contributed by atoms with E-state index in [4.69, 9.17) is 25.1 Å². The van der Waals surface area contributed by atoms with Crippen molar-refractivity contribution in [3.8, 4) is 5.75 Å². The van der Waals surface area contributed by atoms with E-state index in [0.29, 0.717) is 33.0 Å². The zero-order valence-electron chi connectivity index (χ0n) is 19.5. The van der Waals surface area contributed by atoms with E-state index in [0.717, 1.165) is 53.1 Å². The fourth-order valence-corrected chi connectivity index (χ4v) is 3.63. The number of nitrogens with two attached hydrogens (primary N) is 1. The van der Waals surface area contributed by atoms with Crippen molar-refractivity contribution in [3.05, 3.63) is 41.6 Å². The summed E-state index contributed by atoms with van der Waals surface area (Å²) in [6, 6.07) is 8.04. The quantitative estimate of drug-likeness (QED) is 0.298. The molecule has 1 aromatic carbocycles. The average molecular weight is 458 g/mol. The van der Waals surface area contributed by atoms with Gasteiger partial charge in [-0.3, -0.25) is 0 Å². The summed E-state index contributed by atoms with van der Waals surface area (Å²) in [6.07, 6.45) is 5.41. The third-order valence-corrected chi connectivity index (χ3v) is 5.27. The SMILES string of the molecule is CCCCCNc1nc(N)nc2ccn(Cc3ccc(COCCOCCO)cc3OC)c12. The Kier molecular flexibility index (Phi) is 9.74. The molecular formula is C24H35N5O4. The van der Waals surface area contributed by atoms with Gasteiger partial charge in [0.05, 0.1) is 52.2 Å². The van der Waals surface area contributed by atoms with Crippen LogP contribution in [0.1, 0.15) is 37.3 Å². The van der Waals surface area contributed by atoms with Gasteiger partial charge >= 0.3 is 0 Å². The van der Waals surface area contributed by atoms with Gasteiger partial charge in [-0.15, -0.1) is 0 Å². The van der Waals surface area contributed by atoms with Crippen molar-refractivity contribution in [1.29, 1.82) is 0 Å². The first-order chi connectivity index (χ1) is 16.2. The van der Waals surface area contributed by atoms with Crippen LogP contribution in [0.3, 0.4) is 0 Å². The Morgan fingerprint density at radius 1 is 1.09 bits per heavy atom. The van der Waals surface area contributed by atoms with Gasteiger partial charge < -0.3 is 34.9 Å². The van der Waals surface area contributed by atoms with Crippen LogP contribution in [0.25, 0.3) is 11.0 Å². The first kappa shape index (κ1) is 24.8. The summed E-state index contributed by atoms with van der Waals surface area (Å²) in [4.78, 5) is 8.85. The van der Waals surface area contributed by atoms with Gasteiger partial charge in [0.25, 0.3) is 0 Å². The normalized spacial score (nSPS) is 11.2. The first-order valence-electron chi connectivity index (χ1n) is 11.4. The standard InChI is InChI=1S/C24H35N5O4/c1-3-4-5-9-26-23-22-20(27-24(25)28-23)8-10-29(22)16-19-7-6-18(15-21(19)31-2)17-33-14-13-32-12-11-30/h6-8,10,15,30H,3-5,9,11-14,16-17H2,1-2H3,(H3,25,26,27,28). The van der Waals surface area contributed by atoms with Crippen molar-refractivity contribution in [2.75, 3.05) is 51.1 Å². The van der Waals surface area contributed by atoms with Gasteiger partial charge in [0.2, 0.25) is 5.95 Å².